The van der Waals surface area contributed by atoms with Gasteiger partial charge < -0.3 is 15.0 Å². The van der Waals surface area contributed by atoms with Crippen LogP contribution in [0.25, 0.3) is 6.08 Å². The molecule has 0 bridgehead atoms. The summed E-state index contributed by atoms with van der Waals surface area (Å²) >= 11 is 7.72. The molecular weight excluding hydrogens is 488 g/mol. The molecule has 1 saturated heterocycles. The maximum absolute atomic E-state index is 13.8. The molecule has 1 amide bonds. The topological polar surface area (TPSA) is 41.6 Å². The molecule has 6 heteroatoms. The monoisotopic (exact) mass is 518 g/mol. The van der Waals surface area contributed by atoms with E-state index in [1.807, 2.05) is 84.9 Å². The van der Waals surface area contributed by atoms with Crippen LogP contribution < -0.4 is 10.1 Å². The summed E-state index contributed by atoms with van der Waals surface area (Å²) in [5.41, 5.74) is 2.77. The fourth-order valence-corrected chi connectivity index (χ4v) is 6.44. The summed E-state index contributed by atoms with van der Waals surface area (Å²) < 4.78 is 6.15. The fraction of sp³-hybridized carbons (Fsp3) is 0.300. The van der Waals surface area contributed by atoms with Gasteiger partial charge in [0.05, 0.1) is 4.91 Å². The molecule has 3 aromatic carbocycles. The largest absolute Gasteiger partial charge is 0.488 e. The van der Waals surface area contributed by atoms with Gasteiger partial charge in [0.15, 0.2) is 5.50 Å². The number of carbonyl (C=O) groups excluding carboxylic acids is 1. The number of thioether (sulfide) groups is 1. The van der Waals surface area contributed by atoms with Crippen molar-refractivity contribution >= 4 is 41.0 Å². The van der Waals surface area contributed by atoms with Crippen molar-refractivity contribution in [3.63, 3.8) is 0 Å². The van der Waals surface area contributed by atoms with E-state index in [9.17, 15) is 4.79 Å². The molecule has 36 heavy (non-hydrogen) atoms. The second-order valence-corrected chi connectivity index (χ2v) is 11.0. The van der Waals surface area contributed by atoms with Crippen LogP contribution in [0.3, 0.4) is 0 Å². The summed E-state index contributed by atoms with van der Waals surface area (Å²) in [4.78, 5) is 16.6. The van der Waals surface area contributed by atoms with Gasteiger partial charge in [0.1, 0.15) is 12.4 Å². The van der Waals surface area contributed by atoms with E-state index in [4.69, 9.17) is 16.3 Å². The Bertz CT molecular complexity index is 1230. The summed E-state index contributed by atoms with van der Waals surface area (Å²) in [5, 5.41) is 4.29. The number of benzene rings is 3. The lowest BCUT2D eigenvalue weighted by Crippen LogP contribution is -2.48. The molecule has 2 fully saturated rings. The van der Waals surface area contributed by atoms with Gasteiger partial charge in [-0.15, -0.1) is 0 Å². The zero-order chi connectivity index (χ0) is 24.9. The summed E-state index contributed by atoms with van der Waals surface area (Å²) in [6, 6.07) is 25.9. The van der Waals surface area contributed by atoms with Crippen molar-refractivity contribution in [3.05, 3.63) is 99.9 Å². The van der Waals surface area contributed by atoms with E-state index in [-0.39, 0.29) is 17.4 Å². The third-order valence-electron chi connectivity index (χ3n) is 6.91. The molecule has 1 aliphatic carbocycles. The van der Waals surface area contributed by atoms with Gasteiger partial charge in [0.2, 0.25) is 0 Å². The number of para-hydroxylation sites is 2. The molecule has 186 valence electrons. The second kappa shape index (κ2) is 11.4. The molecule has 1 unspecified atom stereocenters. The first-order valence-corrected chi connectivity index (χ1v) is 13.8. The Morgan fingerprint density at radius 2 is 1.81 bits per heavy atom. The van der Waals surface area contributed by atoms with Crippen LogP contribution in [0.15, 0.2) is 83.8 Å². The molecule has 5 rings (SSSR count). The van der Waals surface area contributed by atoms with E-state index in [0.29, 0.717) is 17.5 Å². The Morgan fingerprint density at radius 3 is 2.61 bits per heavy atom. The highest BCUT2D eigenvalue weighted by molar-refractivity contribution is 8.05. The number of carbonyl (C=O) groups is 1. The van der Waals surface area contributed by atoms with Crippen LogP contribution >= 0.6 is 23.4 Å². The highest BCUT2D eigenvalue weighted by Gasteiger charge is 2.43. The van der Waals surface area contributed by atoms with E-state index in [1.54, 1.807) is 11.8 Å². The van der Waals surface area contributed by atoms with Gasteiger partial charge >= 0.3 is 0 Å². The summed E-state index contributed by atoms with van der Waals surface area (Å²) in [7, 11) is 0. The molecule has 1 saturated carbocycles. The minimum absolute atomic E-state index is 0.0943. The summed E-state index contributed by atoms with van der Waals surface area (Å²) in [6.45, 7) is 2.69. The van der Waals surface area contributed by atoms with Crippen molar-refractivity contribution < 1.29 is 9.53 Å². The van der Waals surface area contributed by atoms with Gasteiger partial charge in [0.25, 0.3) is 5.91 Å². The number of ether oxygens (including phenoxy) is 1. The molecule has 0 aromatic heterocycles. The van der Waals surface area contributed by atoms with E-state index in [0.717, 1.165) is 40.3 Å². The molecule has 3 aromatic rings. The average Bonchev–Trinajstić information content (AvgIpc) is 3.18. The SMILES string of the molecule is C[C@@H]1CCCC[C@H]1N1C(=O)/C(=C/c2ccccc2OCc2cccc(Cl)c2)SC1Nc1ccccc1. The molecule has 4 nitrogen and oxygen atoms in total. The van der Waals surface area contributed by atoms with Crippen molar-refractivity contribution in [1.29, 1.82) is 0 Å². The Hall–Kier alpha value is -2.89. The average molecular weight is 519 g/mol. The van der Waals surface area contributed by atoms with Gasteiger partial charge in [0, 0.05) is 22.3 Å². The van der Waals surface area contributed by atoms with Gasteiger partial charge in [-0.25, -0.2) is 0 Å². The highest BCUT2D eigenvalue weighted by Crippen LogP contribution is 2.42. The zero-order valence-electron chi connectivity index (χ0n) is 20.4. The Morgan fingerprint density at radius 1 is 1.03 bits per heavy atom. The number of nitrogens with zero attached hydrogens (tertiary/aromatic N) is 1. The number of halogens is 1. The maximum Gasteiger partial charge on any atom is 0.262 e. The Balaban J connectivity index is 1.41. The lowest BCUT2D eigenvalue weighted by Gasteiger charge is -2.39. The Kier molecular flexibility index (Phi) is 7.88. The van der Waals surface area contributed by atoms with E-state index in [2.05, 4.69) is 17.1 Å². The third-order valence-corrected chi connectivity index (χ3v) is 8.26. The minimum atomic E-state index is -0.142. The standard InChI is InChI=1S/C30H31ClN2O2S/c1-21-10-5-7-16-26(21)33-29(34)28(36-30(33)32-25-14-3-2-4-15-25)19-23-12-6-8-17-27(23)35-20-22-11-9-13-24(31)18-22/h2-4,6,8-9,11-15,17-19,21,26,30,32H,5,7,10,16,20H2,1H3/b28-19-/t21-,26-,30?/m1/s1. The quantitative estimate of drug-likeness (QED) is 0.324. The smallest absolute Gasteiger partial charge is 0.262 e. The zero-order valence-corrected chi connectivity index (χ0v) is 22.0. The first kappa shape index (κ1) is 24.8. The minimum Gasteiger partial charge on any atom is -0.488 e. The third kappa shape index (κ3) is 5.74. The normalized spacial score (nSPS) is 23.2. The lowest BCUT2D eigenvalue weighted by molar-refractivity contribution is -0.129. The van der Waals surface area contributed by atoms with E-state index in [1.165, 1.54) is 12.8 Å². The molecule has 1 heterocycles. The van der Waals surface area contributed by atoms with Crippen molar-refractivity contribution in [2.45, 2.75) is 50.8 Å². The molecule has 3 atom stereocenters. The number of amides is 1. The number of rotatable bonds is 7. The van der Waals surface area contributed by atoms with Crippen molar-refractivity contribution in [1.82, 2.24) is 4.90 Å². The Labute approximate surface area is 222 Å². The second-order valence-electron chi connectivity index (χ2n) is 9.49. The number of hydrogen-bond donors (Lipinski definition) is 1. The fourth-order valence-electron chi connectivity index (χ4n) is 5.03. The van der Waals surface area contributed by atoms with Gasteiger partial charge in [-0.3, -0.25) is 4.79 Å². The molecular formula is C30H31ClN2O2S. The molecule has 1 N–H and O–H groups in total. The van der Waals surface area contributed by atoms with Crippen molar-refractivity contribution in [3.8, 4) is 5.75 Å². The van der Waals surface area contributed by atoms with E-state index < -0.39 is 0 Å². The van der Waals surface area contributed by atoms with Crippen LogP contribution in [0.4, 0.5) is 5.69 Å². The predicted molar refractivity (Wildman–Crippen MR) is 150 cm³/mol. The van der Waals surface area contributed by atoms with Crippen LogP contribution in [0.5, 0.6) is 5.75 Å². The van der Waals surface area contributed by atoms with Crippen LogP contribution in [0.2, 0.25) is 5.02 Å². The van der Waals surface area contributed by atoms with Crippen LogP contribution in [0.1, 0.15) is 43.7 Å². The number of hydrogen-bond acceptors (Lipinski definition) is 4. The van der Waals surface area contributed by atoms with Crippen LogP contribution in [0, 0.1) is 5.92 Å². The number of anilines is 1. The highest BCUT2D eigenvalue weighted by atomic mass is 35.5. The van der Waals surface area contributed by atoms with Crippen LogP contribution in [-0.4, -0.2) is 22.3 Å². The molecule has 2 aliphatic rings. The van der Waals surface area contributed by atoms with Crippen LogP contribution in [-0.2, 0) is 11.4 Å². The van der Waals surface area contributed by atoms with Gasteiger partial charge in [-0.05, 0) is 60.7 Å². The van der Waals surface area contributed by atoms with Crippen molar-refractivity contribution in [2.75, 3.05) is 5.32 Å². The predicted octanol–water partition coefficient (Wildman–Crippen LogP) is 7.81. The molecule has 1 aliphatic heterocycles. The number of nitrogens with one attached hydrogen (secondary N) is 1. The summed E-state index contributed by atoms with van der Waals surface area (Å²) in [5.74, 6) is 1.32. The van der Waals surface area contributed by atoms with Gasteiger partial charge in [-0.1, -0.05) is 91.7 Å². The lowest BCUT2D eigenvalue weighted by atomic mass is 9.85. The molecule has 0 spiro atoms. The van der Waals surface area contributed by atoms with Gasteiger partial charge in [-0.2, -0.15) is 0 Å². The first-order chi connectivity index (χ1) is 17.6. The van der Waals surface area contributed by atoms with Crippen molar-refractivity contribution in [2.24, 2.45) is 5.92 Å². The van der Waals surface area contributed by atoms with E-state index >= 15 is 0 Å². The molecule has 0 radical (unpaired) electrons. The maximum atomic E-state index is 13.8. The first-order valence-electron chi connectivity index (χ1n) is 12.6. The summed E-state index contributed by atoms with van der Waals surface area (Å²) in [6.07, 6.45) is 6.60.